The molecule has 0 saturated heterocycles. The minimum absolute atomic E-state index is 0.808. The highest BCUT2D eigenvalue weighted by Crippen LogP contribution is 2.33. The van der Waals surface area contributed by atoms with Crippen molar-refractivity contribution >= 4 is 27.6 Å². The smallest absolute Gasteiger partial charge is 0.156 e. The molecule has 0 amide bonds. The van der Waals surface area contributed by atoms with Gasteiger partial charge < -0.3 is 5.32 Å². The average molecular weight is 342 g/mol. The number of unbranched alkanes of at least 4 members (excludes halogenated alkanes) is 1. The van der Waals surface area contributed by atoms with Gasteiger partial charge in [0, 0.05) is 22.9 Å². The van der Waals surface area contributed by atoms with Crippen molar-refractivity contribution in [2.45, 2.75) is 26.7 Å². The second-order valence-electron chi connectivity index (χ2n) is 6.58. The number of nitrogens with one attached hydrogen (secondary N) is 1. The summed E-state index contributed by atoms with van der Waals surface area (Å²) in [4.78, 5) is 14.0. The van der Waals surface area contributed by atoms with Gasteiger partial charge in [-0.05, 0) is 19.4 Å². The highest BCUT2D eigenvalue weighted by Gasteiger charge is 2.14. The molecule has 0 aliphatic rings. The summed E-state index contributed by atoms with van der Waals surface area (Å²) < 4.78 is 0. The molecule has 0 bridgehead atoms. The highest BCUT2D eigenvalue weighted by molar-refractivity contribution is 6.11. The second kappa shape index (κ2) is 7.08. The van der Waals surface area contributed by atoms with Crippen LogP contribution >= 0.6 is 0 Å². The summed E-state index contributed by atoms with van der Waals surface area (Å²) in [6.07, 6.45) is 3.87. The van der Waals surface area contributed by atoms with Crippen LogP contribution in [0.15, 0.2) is 54.9 Å². The predicted octanol–water partition coefficient (Wildman–Crippen LogP) is 5.37. The van der Waals surface area contributed by atoms with Gasteiger partial charge in [-0.2, -0.15) is 0 Å². The first-order valence-corrected chi connectivity index (χ1v) is 9.12. The average Bonchev–Trinajstić information content (AvgIpc) is 2.68. The number of nitrogens with zero attached hydrogens (tertiary/aromatic N) is 3. The summed E-state index contributed by atoms with van der Waals surface area (Å²) in [5, 5.41) is 5.67. The fourth-order valence-electron chi connectivity index (χ4n) is 3.24. The van der Waals surface area contributed by atoms with Crippen LogP contribution in [0.3, 0.4) is 0 Å². The monoisotopic (exact) mass is 342 g/mol. The lowest BCUT2D eigenvalue weighted by molar-refractivity contribution is 0.831. The van der Waals surface area contributed by atoms with Gasteiger partial charge in [-0.25, -0.2) is 15.0 Å². The summed E-state index contributed by atoms with van der Waals surface area (Å²) in [6.45, 7) is 5.17. The number of aryl methyl sites for hydroxylation is 1. The standard InChI is InChI=1S/C22H22N4/c1-3-4-12-23-22-21-20(24-14-25-22)17-11-10-15(2)13-18(17)19(26-21)16-8-6-5-7-9-16/h5-11,13-14H,3-4,12H2,1-2H3,(H,23,24,25). The van der Waals surface area contributed by atoms with Crippen molar-refractivity contribution in [1.82, 2.24) is 15.0 Å². The van der Waals surface area contributed by atoms with E-state index in [4.69, 9.17) is 4.98 Å². The zero-order chi connectivity index (χ0) is 17.9. The molecule has 4 nitrogen and oxygen atoms in total. The van der Waals surface area contributed by atoms with Gasteiger partial charge in [0.25, 0.3) is 0 Å². The Morgan fingerprint density at radius 2 is 1.77 bits per heavy atom. The van der Waals surface area contributed by atoms with E-state index in [9.17, 15) is 0 Å². The summed E-state index contributed by atoms with van der Waals surface area (Å²) in [5.74, 6) is 0.808. The number of hydrogen-bond donors (Lipinski definition) is 1. The third-order valence-electron chi connectivity index (χ3n) is 4.60. The molecule has 0 radical (unpaired) electrons. The number of hydrogen-bond acceptors (Lipinski definition) is 4. The van der Waals surface area contributed by atoms with E-state index in [1.165, 1.54) is 5.56 Å². The Morgan fingerprint density at radius 3 is 2.58 bits per heavy atom. The van der Waals surface area contributed by atoms with Crippen LogP contribution < -0.4 is 5.32 Å². The Balaban J connectivity index is 2.01. The number of aromatic nitrogens is 3. The molecule has 0 saturated carbocycles. The normalized spacial score (nSPS) is 11.2. The number of fused-ring (bicyclic) bond motifs is 3. The van der Waals surface area contributed by atoms with Gasteiger partial charge in [0.2, 0.25) is 0 Å². The van der Waals surface area contributed by atoms with Gasteiger partial charge in [0.1, 0.15) is 17.4 Å². The number of anilines is 1. The lowest BCUT2D eigenvalue weighted by atomic mass is 10.0. The van der Waals surface area contributed by atoms with Crippen LogP contribution in [0.5, 0.6) is 0 Å². The third kappa shape index (κ3) is 2.99. The number of benzene rings is 2. The molecule has 4 rings (SSSR count). The van der Waals surface area contributed by atoms with Gasteiger partial charge >= 0.3 is 0 Å². The molecule has 0 atom stereocenters. The van der Waals surface area contributed by atoms with E-state index in [0.29, 0.717) is 0 Å². The van der Waals surface area contributed by atoms with Gasteiger partial charge in [0.05, 0.1) is 5.69 Å². The lowest BCUT2D eigenvalue weighted by Crippen LogP contribution is -2.05. The maximum atomic E-state index is 5.01. The van der Waals surface area contributed by atoms with Gasteiger partial charge in [0.15, 0.2) is 5.82 Å². The minimum Gasteiger partial charge on any atom is -0.368 e. The Kier molecular flexibility index (Phi) is 4.48. The van der Waals surface area contributed by atoms with Crippen molar-refractivity contribution in [3.8, 4) is 11.3 Å². The van der Waals surface area contributed by atoms with Crippen molar-refractivity contribution in [2.24, 2.45) is 0 Å². The van der Waals surface area contributed by atoms with Crippen LogP contribution in [0.1, 0.15) is 25.3 Å². The molecule has 2 aromatic carbocycles. The van der Waals surface area contributed by atoms with Gasteiger partial charge in [-0.15, -0.1) is 0 Å². The SMILES string of the molecule is CCCCNc1ncnc2c1nc(-c1ccccc1)c1cc(C)ccc12. The Labute approximate surface area is 153 Å². The van der Waals surface area contributed by atoms with Crippen LogP contribution in [0.25, 0.3) is 33.1 Å². The van der Waals surface area contributed by atoms with Crippen molar-refractivity contribution in [3.63, 3.8) is 0 Å². The summed E-state index contributed by atoms with van der Waals surface area (Å²) in [7, 11) is 0. The zero-order valence-corrected chi connectivity index (χ0v) is 15.2. The second-order valence-corrected chi connectivity index (χ2v) is 6.58. The maximum Gasteiger partial charge on any atom is 0.156 e. The van der Waals surface area contributed by atoms with E-state index in [2.05, 4.69) is 59.5 Å². The molecule has 2 aromatic heterocycles. The molecule has 0 aliphatic heterocycles. The minimum atomic E-state index is 0.808. The molecular weight excluding hydrogens is 320 g/mol. The largest absolute Gasteiger partial charge is 0.368 e. The van der Waals surface area contributed by atoms with Crippen LogP contribution in [-0.4, -0.2) is 21.5 Å². The summed E-state index contributed by atoms with van der Waals surface area (Å²) >= 11 is 0. The van der Waals surface area contributed by atoms with Crippen LogP contribution in [-0.2, 0) is 0 Å². The van der Waals surface area contributed by atoms with Crippen LogP contribution in [0.2, 0.25) is 0 Å². The van der Waals surface area contributed by atoms with Crippen LogP contribution in [0, 0.1) is 6.92 Å². The van der Waals surface area contributed by atoms with E-state index >= 15 is 0 Å². The Bertz CT molecular complexity index is 1060. The summed E-state index contributed by atoms with van der Waals surface area (Å²) in [6, 6.07) is 16.8. The maximum absolute atomic E-state index is 5.01. The van der Waals surface area contributed by atoms with E-state index in [0.717, 1.165) is 58.3 Å². The predicted molar refractivity (Wildman–Crippen MR) is 108 cm³/mol. The first kappa shape index (κ1) is 16.5. The van der Waals surface area contributed by atoms with Crippen molar-refractivity contribution in [1.29, 1.82) is 0 Å². The quantitative estimate of drug-likeness (QED) is 0.391. The van der Waals surface area contributed by atoms with E-state index < -0.39 is 0 Å². The van der Waals surface area contributed by atoms with Gasteiger partial charge in [-0.3, -0.25) is 0 Å². The van der Waals surface area contributed by atoms with Crippen molar-refractivity contribution in [3.05, 3.63) is 60.4 Å². The Morgan fingerprint density at radius 1 is 0.923 bits per heavy atom. The van der Waals surface area contributed by atoms with Gasteiger partial charge in [-0.1, -0.05) is 61.4 Å². The fraction of sp³-hybridized carbons (Fsp3) is 0.227. The zero-order valence-electron chi connectivity index (χ0n) is 15.2. The molecule has 0 aliphatic carbocycles. The lowest BCUT2D eigenvalue weighted by Gasteiger charge is -2.13. The first-order chi connectivity index (χ1) is 12.8. The third-order valence-corrected chi connectivity index (χ3v) is 4.60. The highest BCUT2D eigenvalue weighted by atomic mass is 15.0. The molecule has 4 aromatic rings. The first-order valence-electron chi connectivity index (χ1n) is 9.12. The molecule has 4 heteroatoms. The molecule has 1 N–H and O–H groups in total. The topological polar surface area (TPSA) is 50.7 Å². The van der Waals surface area contributed by atoms with E-state index in [1.807, 2.05) is 18.2 Å². The summed E-state index contributed by atoms with van der Waals surface area (Å²) in [5.41, 5.74) is 5.03. The molecular formula is C22H22N4. The molecule has 130 valence electrons. The molecule has 0 fully saturated rings. The Hall–Kier alpha value is -3.01. The van der Waals surface area contributed by atoms with Crippen LogP contribution in [0.4, 0.5) is 5.82 Å². The molecule has 0 unspecified atom stereocenters. The molecule has 2 heterocycles. The molecule has 0 spiro atoms. The fourth-order valence-corrected chi connectivity index (χ4v) is 3.24. The number of pyridine rings is 1. The molecule has 26 heavy (non-hydrogen) atoms. The van der Waals surface area contributed by atoms with E-state index in [1.54, 1.807) is 6.33 Å². The number of rotatable bonds is 5. The van der Waals surface area contributed by atoms with E-state index in [-0.39, 0.29) is 0 Å². The van der Waals surface area contributed by atoms with Crippen molar-refractivity contribution < 1.29 is 0 Å². The van der Waals surface area contributed by atoms with Crippen molar-refractivity contribution in [2.75, 3.05) is 11.9 Å².